The molecule has 3 aliphatic rings. The maximum absolute atomic E-state index is 12.5. The third-order valence-electron chi connectivity index (χ3n) is 10.0. The lowest BCUT2D eigenvalue weighted by atomic mass is 9.83. The molecule has 0 radical (unpaired) electrons. The Kier molecular flexibility index (Phi) is 8.78. The van der Waals surface area contributed by atoms with E-state index in [0.717, 1.165) is 68.9 Å². The van der Waals surface area contributed by atoms with Crippen LogP contribution in [-0.4, -0.2) is 70.0 Å². The first-order valence-electron chi connectivity index (χ1n) is 15.6. The van der Waals surface area contributed by atoms with Crippen molar-refractivity contribution in [2.24, 2.45) is 17.8 Å². The number of carboxylic acids is 1. The van der Waals surface area contributed by atoms with Crippen LogP contribution in [0.5, 0.6) is 0 Å². The molecule has 7 heteroatoms. The fourth-order valence-electron chi connectivity index (χ4n) is 7.87. The summed E-state index contributed by atoms with van der Waals surface area (Å²) in [5, 5.41) is 18.2. The highest BCUT2D eigenvalue weighted by atomic mass is 16.6. The maximum atomic E-state index is 12.5. The minimum Gasteiger partial charge on any atom is -0.480 e. The lowest BCUT2D eigenvalue weighted by Gasteiger charge is -2.35. The number of carbonyl (C=O) groups is 1. The Balaban J connectivity index is 1.03. The summed E-state index contributed by atoms with van der Waals surface area (Å²) in [5.74, 6) is 1.36. The van der Waals surface area contributed by atoms with Crippen molar-refractivity contribution in [1.82, 2.24) is 20.1 Å². The molecule has 1 aromatic heterocycles. The molecule has 0 amide bonds. The van der Waals surface area contributed by atoms with Gasteiger partial charge in [0.05, 0.1) is 0 Å². The highest BCUT2D eigenvalue weighted by Crippen LogP contribution is 2.39. The molecule has 1 aliphatic carbocycles. The molecule has 2 aromatic carbocycles. The Hall–Kier alpha value is -2.77. The summed E-state index contributed by atoms with van der Waals surface area (Å²) in [5.41, 5.74) is 4.35. The van der Waals surface area contributed by atoms with Gasteiger partial charge in [-0.05, 0) is 103 Å². The van der Waals surface area contributed by atoms with Crippen LogP contribution in [0.25, 0.3) is 11.0 Å². The average Bonchev–Trinajstić information content (AvgIpc) is 3.62. The van der Waals surface area contributed by atoms with Gasteiger partial charge in [0.25, 0.3) is 0 Å². The lowest BCUT2D eigenvalue weighted by Crippen LogP contribution is -2.46. The summed E-state index contributed by atoms with van der Waals surface area (Å²) in [6, 6.07) is 16.8. The van der Waals surface area contributed by atoms with E-state index in [1.54, 1.807) is 0 Å². The number of aryl methyl sites for hydroxylation is 1. The fourth-order valence-corrected chi connectivity index (χ4v) is 7.87. The van der Waals surface area contributed by atoms with E-state index < -0.39 is 5.97 Å². The maximum Gasteiger partial charge on any atom is 0.321 e. The number of nitrogens with zero attached hydrogens (tertiary/aromatic N) is 4. The summed E-state index contributed by atoms with van der Waals surface area (Å²) in [4.78, 5) is 17.5. The van der Waals surface area contributed by atoms with Crippen LogP contribution in [0, 0.1) is 17.8 Å². The predicted octanol–water partition coefficient (Wildman–Crippen LogP) is 6.01. The highest BCUT2D eigenvalue weighted by Gasteiger charge is 2.43. The second kappa shape index (κ2) is 12.8. The second-order valence-corrected chi connectivity index (χ2v) is 12.6. The van der Waals surface area contributed by atoms with Gasteiger partial charge in [-0.25, -0.2) is 4.63 Å². The fraction of sp³-hybridized carbons (Fsp3) is 0.606. The molecule has 0 bridgehead atoms. The molecule has 1 saturated carbocycles. The van der Waals surface area contributed by atoms with Gasteiger partial charge >= 0.3 is 5.97 Å². The van der Waals surface area contributed by atoms with Gasteiger partial charge in [-0.3, -0.25) is 9.69 Å². The van der Waals surface area contributed by atoms with Gasteiger partial charge < -0.3 is 10.0 Å². The van der Waals surface area contributed by atoms with Crippen molar-refractivity contribution in [2.75, 3.05) is 32.7 Å². The number of hydrogen-bond donors (Lipinski definition) is 1. The quantitative estimate of drug-likeness (QED) is 0.335. The number of hydrogen-bond acceptors (Lipinski definition) is 6. The van der Waals surface area contributed by atoms with E-state index in [0.29, 0.717) is 17.8 Å². The van der Waals surface area contributed by atoms with Crippen LogP contribution in [0.3, 0.4) is 0 Å². The number of piperidine rings is 1. The number of rotatable bonds is 10. The van der Waals surface area contributed by atoms with Crippen LogP contribution >= 0.6 is 0 Å². The third kappa shape index (κ3) is 6.41. The number of fused-ring (bicyclic) bond motifs is 1. The van der Waals surface area contributed by atoms with E-state index in [1.807, 2.05) is 6.07 Å². The Bertz CT molecular complexity index is 1230. The smallest absolute Gasteiger partial charge is 0.321 e. The first-order valence-corrected chi connectivity index (χ1v) is 15.6. The molecular formula is C33H44N4O3. The summed E-state index contributed by atoms with van der Waals surface area (Å²) >= 11 is 0. The molecule has 40 heavy (non-hydrogen) atoms. The monoisotopic (exact) mass is 544 g/mol. The van der Waals surface area contributed by atoms with Gasteiger partial charge in [0.2, 0.25) is 0 Å². The molecule has 2 aliphatic heterocycles. The van der Waals surface area contributed by atoms with Crippen molar-refractivity contribution >= 4 is 17.0 Å². The minimum absolute atomic E-state index is 0.298. The van der Waals surface area contributed by atoms with Crippen LogP contribution in [0.4, 0.5) is 0 Å². The minimum atomic E-state index is -0.613. The van der Waals surface area contributed by atoms with Crippen LogP contribution in [0.15, 0.2) is 53.2 Å². The molecule has 1 N–H and O–H groups in total. The van der Waals surface area contributed by atoms with Crippen molar-refractivity contribution in [3.8, 4) is 0 Å². The molecule has 2 saturated heterocycles. The van der Waals surface area contributed by atoms with Gasteiger partial charge in [-0.2, -0.15) is 0 Å². The third-order valence-corrected chi connectivity index (χ3v) is 10.0. The zero-order valence-corrected chi connectivity index (χ0v) is 23.7. The van der Waals surface area contributed by atoms with Crippen molar-refractivity contribution < 1.29 is 14.5 Å². The molecule has 214 valence electrons. The lowest BCUT2D eigenvalue weighted by molar-refractivity contribution is -0.145. The Morgan fingerprint density at radius 3 is 2.50 bits per heavy atom. The van der Waals surface area contributed by atoms with Crippen LogP contribution in [0.2, 0.25) is 0 Å². The van der Waals surface area contributed by atoms with E-state index >= 15 is 0 Å². The number of carboxylic acid groups (broad SMARTS) is 1. The van der Waals surface area contributed by atoms with Crippen LogP contribution < -0.4 is 0 Å². The van der Waals surface area contributed by atoms with Crippen molar-refractivity contribution in [2.45, 2.75) is 76.2 Å². The molecular weight excluding hydrogens is 500 g/mol. The van der Waals surface area contributed by atoms with E-state index in [1.165, 1.54) is 56.1 Å². The topological polar surface area (TPSA) is 82.7 Å². The summed E-state index contributed by atoms with van der Waals surface area (Å²) < 4.78 is 4.83. The number of benzene rings is 2. The van der Waals surface area contributed by atoms with Gasteiger partial charge in [0.15, 0.2) is 0 Å². The molecule has 0 unspecified atom stereocenters. The highest BCUT2D eigenvalue weighted by molar-refractivity contribution is 5.74. The van der Waals surface area contributed by atoms with Crippen molar-refractivity contribution in [1.29, 1.82) is 0 Å². The molecule has 3 atom stereocenters. The van der Waals surface area contributed by atoms with E-state index in [2.05, 4.69) is 62.6 Å². The summed E-state index contributed by atoms with van der Waals surface area (Å²) in [6.07, 6.45) is 11.8. The SMILES string of the molecule is O=C(O)[C@@H](C1CCCCC1)N1C[C@@H](CN2CCC(CCCc3ccc4nonc4c3)CC2)[C@H](c2ccccc2)C1. The summed E-state index contributed by atoms with van der Waals surface area (Å²) in [6.45, 7) is 5.16. The molecule has 0 spiro atoms. The molecule has 3 heterocycles. The zero-order valence-electron chi connectivity index (χ0n) is 23.7. The summed E-state index contributed by atoms with van der Waals surface area (Å²) in [7, 11) is 0. The number of aromatic nitrogens is 2. The van der Waals surface area contributed by atoms with E-state index in [4.69, 9.17) is 4.63 Å². The van der Waals surface area contributed by atoms with Gasteiger partial charge in [-0.15, -0.1) is 0 Å². The van der Waals surface area contributed by atoms with E-state index in [-0.39, 0.29) is 6.04 Å². The van der Waals surface area contributed by atoms with Gasteiger partial charge in [0.1, 0.15) is 17.1 Å². The Morgan fingerprint density at radius 2 is 1.73 bits per heavy atom. The van der Waals surface area contributed by atoms with Crippen LogP contribution in [-0.2, 0) is 11.2 Å². The average molecular weight is 545 g/mol. The molecule has 7 nitrogen and oxygen atoms in total. The molecule has 6 rings (SSSR count). The standard InChI is InChI=1S/C33H44N4O3/c38-33(39)32(27-12-5-2-6-13-27)37-22-28(29(23-37)26-10-3-1-4-11-26)21-36-18-16-24(17-19-36)8-7-9-25-14-15-30-31(20-25)35-40-34-30/h1,3-4,10-11,14-15,20,24,27-29,32H,2,5-9,12-13,16-19,21-23H2,(H,38,39)/t28-,29+,32-/m1/s1. The zero-order chi connectivity index (χ0) is 27.3. The normalized spacial score (nSPS) is 24.5. The molecule has 3 fully saturated rings. The number of likely N-dealkylation sites (tertiary alicyclic amines) is 2. The largest absolute Gasteiger partial charge is 0.480 e. The van der Waals surface area contributed by atoms with Crippen molar-refractivity contribution in [3.63, 3.8) is 0 Å². The Labute approximate surface area is 237 Å². The van der Waals surface area contributed by atoms with Crippen LogP contribution in [0.1, 0.15) is 74.8 Å². The van der Waals surface area contributed by atoms with Gasteiger partial charge in [-0.1, -0.05) is 62.1 Å². The first-order chi connectivity index (χ1) is 19.6. The predicted molar refractivity (Wildman–Crippen MR) is 156 cm³/mol. The molecule has 3 aromatic rings. The van der Waals surface area contributed by atoms with Crippen molar-refractivity contribution in [3.05, 3.63) is 59.7 Å². The first kappa shape index (κ1) is 27.4. The second-order valence-electron chi connectivity index (χ2n) is 12.6. The Morgan fingerprint density at radius 1 is 0.950 bits per heavy atom. The number of aliphatic carboxylic acids is 1. The van der Waals surface area contributed by atoms with E-state index in [9.17, 15) is 9.90 Å². The van der Waals surface area contributed by atoms with Gasteiger partial charge in [0, 0.05) is 25.6 Å².